The van der Waals surface area contributed by atoms with Crippen LogP contribution in [0.25, 0.3) is 33.7 Å². The standard InChI is InChI=1S/C29H35N7O2/c1-29(2,3)38-21-16-36(17-21)28(37)32-24-8-6-5-7-18-13-19(9-10-22(18)24)23-11-12-30-27-25(23)33-26(34-27)20-14-31-35(4)15-20/h9-15,21,24H,5-8,16-17H2,1-4H3,(H,32,37)(H,30,33,34)/t24-/m1/s1. The van der Waals surface area contributed by atoms with Crippen LogP contribution in [0.5, 0.6) is 0 Å². The van der Waals surface area contributed by atoms with E-state index in [1.807, 2.05) is 30.4 Å². The summed E-state index contributed by atoms with van der Waals surface area (Å²) in [5.41, 5.74) is 7.02. The van der Waals surface area contributed by atoms with Crippen LogP contribution in [0.2, 0.25) is 0 Å². The molecule has 38 heavy (non-hydrogen) atoms. The number of ether oxygens (including phenoxy) is 1. The minimum atomic E-state index is -0.192. The Labute approximate surface area is 222 Å². The molecule has 2 aliphatic rings. The molecule has 0 spiro atoms. The Balaban J connectivity index is 1.23. The summed E-state index contributed by atoms with van der Waals surface area (Å²) in [6, 6.07) is 8.66. The molecule has 1 fully saturated rings. The van der Waals surface area contributed by atoms with E-state index in [0.717, 1.165) is 53.7 Å². The average Bonchev–Trinajstić information content (AvgIpc) is 3.43. The number of imidazole rings is 1. The van der Waals surface area contributed by atoms with E-state index >= 15 is 0 Å². The Morgan fingerprint density at radius 2 is 2.00 bits per heavy atom. The summed E-state index contributed by atoms with van der Waals surface area (Å²) in [5, 5.41) is 7.57. The number of H-pyrrole nitrogens is 1. The zero-order chi connectivity index (χ0) is 26.4. The number of hydrogen-bond acceptors (Lipinski definition) is 5. The fourth-order valence-electron chi connectivity index (χ4n) is 5.55. The molecule has 1 aliphatic heterocycles. The van der Waals surface area contributed by atoms with Gasteiger partial charge in [-0.05, 0) is 62.8 Å². The van der Waals surface area contributed by atoms with Crippen molar-refractivity contribution in [2.45, 2.75) is 64.2 Å². The molecule has 1 saturated heterocycles. The molecule has 9 nitrogen and oxygen atoms in total. The van der Waals surface area contributed by atoms with Gasteiger partial charge < -0.3 is 19.9 Å². The molecular weight excluding hydrogens is 478 g/mol. The second-order valence-electron chi connectivity index (χ2n) is 11.5. The first kappa shape index (κ1) is 24.6. The van der Waals surface area contributed by atoms with Crippen LogP contribution in [0, 0.1) is 0 Å². The Bertz CT molecular complexity index is 1480. The molecule has 2 N–H and O–H groups in total. The van der Waals surface area contributed by atoms with Crippen LogP contribution in [-0.2, 0) is 18.2 Å². The first-order valence-corrected chi connectivity index (χ1v) is 13.4. The van der Waals surface area contributed by atoms with E-state index < -0.39 is 0 Å². The van der Waals surface area contributed by atoms with Crippen LogP contribution < -0.4 is 5.32 Å². The normalized spacial score (nSPS) is 18.2. The zero-order valence-electron chi connectivity index (χ0n) is 22.5. The first-order chi connectivity index (χ1) is 18.2. The number of benzene rings is 1. The van der Waals surface area contributed by atoms with E-state index in [4.69, 9.17) is 9.72 Å². The number of hydrogen-bond donors (Lipinski definition) is 2. The number of pyridine rings is 1. The van der Waals surface area contributed by atoms with Gasteiger partial charge in [0, 0.05) is 25.0 Å². The largest absolute Gasteiger partial charge is 0.369 e. The van der Waals surface area contributed by atoms with Crippen molar-refractivity contribution in [2.24, 2.45) is 7.05 Å². The number of fused-ring (bicyclic) bond motifs is 2. The fourth-order valence-corrected chi connectivity index (χ4v) is 5.55. The lowest BCUT2D eigenvalue weighted by molar-refractivity contribution is -0.111. The Morgan fingerprint density at radius 1 is 1.16 bits per heavy atom. The summed E-state index contributed by atoms with van der Waals surface area (Å²) < 4.78 is 7.76. The van der Waals surface area contributed by atoms with Gasteiger partial charge in [0.1, 0.15) is 5.82 Å². The van der Waals surface area contributed by atoms with E-state index in [1.165, 1.54) is 11.1 Å². The van der Waals surface area contributed by atoms with Gasteiger partial charge in [0.15, 0.2) is 5.65 Å². The smallest absolute Gasteiger partial charge is 0.318 e. The summed E-state index contributed by atoms with van der Waals surface area (Å²) >= 11 is 0. The minimum absolute atomic E-state index is 0.00285. The second-order valence-corrected chi connectivity index (χ2v) is 11.5. The third-order valence-corrected chi connectivity index (χ3v) is 7.34. The van der Waals surface area contributed by atoms with Crippen molar-refractivity contribution < 1.29 is 9.53 Å². The van der Waals surface area contributed by atoms with Crippen molar-refractivity contribution in [3.05, 3.63) is 54.0 Å². The molecular formula is C29H35N7O2. The van der Waals surface area contributed by atoms with Crippen LogP contribution >= 0.6 is 0 Å². The van der Waals surface area contributed by atoms with Crippen LogP contribution in [0.15, 0.2) is 42.9 Å². The molecule has 1 aromatic carbocycles. The number of aromatic amines is 1. The van der Waals surface area contributed by atoms with E-state index in [0.29, 0.717) is 18.7 Å². The van der Waals surface area contributed by atoms with Gasteiger partial charge in [0.2, 0.25) is 0 Å². The number of urea groups is 1. The molecule has 3 aromatic heterocycles. The SMILES string of the molecule is Cn1cc(-c2nc3nccc(-c4ccc5c(c4)CCCC[C@H]5NC(=O)N4CC(OC(C)(C)C)C4)c3[nH]2)cn1. The Kier molecular flexibility index (Phi) is 6.18. The molecule has 9 heteroatoms. The monoisotopic (exact) mass is 513 g/mol. The number of amides is 2. The Hall–Kier alpha value is -3.72. The topological polar surface area (TPSA) is 101 Å². The fraction of sp³-hybridized carbons (Fsp3) is 0.448. The zero-order valence-corrected chi connectivity index (χ0v) is 22.5. The number of aryl methyl sites for hydroxylation is 2. The van der Waals surface area contributed by atoms with Crippen LogP contribution in [0.4, 0.5) is 4.79 Å². The number of aromatic nitrogens is 5. The van der Waals surface area contributed by atoms with Gasteiger partial charge in [-0.15, -0.1) is 0 Å². The number of nitrogens with one attached hydrogen (secondary N) is 2. The summed E-state index contributed by atoms with van der Waals surface area (Å²) in [7, 11) is 1.89. The van der Waals surface area contributed by atoms with E-state index in [9.17, 15) is 4.79 Å². The van der Waals surface area contributed by atoms with E-state index in [-0.39, 0.29) is 23.8 Å². The maximum Gasteiger partial charge on any atom is 0.318 e. The quantitative estimate of drug-likeness (QED) is 0.374. The van der Waals surface area contributed by atoms with Crippen LogP contribution in [0.1, 0.15) is 57.2 Å². The predicted molar refractivity (Wildman–Crippen MR) is 147 cm³/mol. The molecule has 1 aliphatic carbocycles. The van der Waals surface area contributed by atoms with Crippen LogP contribution in [0.3, 0.4) is 0 Å². The molecule has 6 rings (SSSR count). The lowest BCUT2D eigenvalue weighted by Crippen LogP contribution is -2.59. The van der Waals surface area contributed by atoms with Crippen LogP contribution in [-0.4, -0.2) is 60.5 Å². The van der Waals surface area contributed by atoms with Gasteiger partial charge in [-0.25, -0.2) is 14.8 Å². The van der Waals surface area contributed by atoms with Gasteiger partial charge in [-0.2, -0.15) is 5.10 Å². The summed E-state index contributed by atoms with van der Waals surface area (Å²) in [4.78, 5) is 27.5. The predicted octanol–water partition coefficient (Wildman–Crippen LogP) is 5.00. The molecule has 198 valence electrons. The van der Waals surface area contributed by atoms with E-state index in [2.05, 4.69) is 59.4 Å². The number of carbonyl (C=O) groups excluding carboxylic acids is 1. The van der Waals surface area contributed by atoms with Crippen molar-refractivity contribution in [1.29, 1.82) is 0 Å². The summed E-state index contributed by atoms with van der Waals surface area (Å²) in [6.07, 6.45) is 9.79. The van der Waals surface area contributed by atoms with Crippen molar-refractivity contribution in [1.82, 2.24) is 34.9 Å². The highest BCUT2D eigenvalue weighted by molar-refractivity contribution is 5.91. The van der Waals surface area contributed by atoms with Gasteiger partial charge in [0.25, 0.3) is 0 Å². The molecule has 4 aromatic rings. The number of rotatable bonds is 4. The number of carbonyl (C=O) groups is 1. The molecule has 4 heterocycles. The highest BCUT2D eigenvalue weighted by atomic mass is 16.5. The molecule has 2 amide bonds. The molecule has 0 bridgehead atoms. The first-order valence-electron chi connectivity index (χ1n) is 13.4. The molecule has 0 saturated carbocycles. The second kappa shape index (κ2) is 9.54. The average molecular weight is 514 g/mol. The highest BCUT2D eigenvalue weighted by Gasteiger charge is 2.35. The maximum absolute atomic E-state index is 13.0. The molecule has 0 radical (unpaired) electrons. The third kappa shape index (κ3) is 4.90. The van der Waals surface area contributed by atoms with Crippen molar-refractivity contribution in [3.8, 4) is 22.5 Å². The Morgan fingerprint density at radius 3 is 2.76 bits per heavy atom. The maximum atomic E-state index is 13.0. The highest BCUT2D eigenvalue weighted by Crippen LogP contribution is 2.35. The molecule has 0 unspecified atom stereocenters. The van der Waals surface area contributed by atoms with E-state index in [1.54, 1.807) is 10.9 Å². The van der Waals surface area contributed by atoms with Gasteiger partial charge in [-0.3, -0.25) is 4.68 Å². The van der Waals surface area contributed by atoms with Gasteiger partial charge in [0.05, 0.1) is 48.1 Å². The van der Waals surface area contributed by atoms with Crippen molar-refractivity contribution in [3.63, 3.8) is 0 Å². The lowest BCUT2D eigenvalue weighted by atomic mass is 9.94. The van der Waals surface area contributed by atoms with Gasteiger partial charge >= 0.3 is 6.03 Å². The minimum Gasteiger partial charge on any atom is -0.369 e. The molecule has 1 atom stereocenters. The lowest BCUT2D eigenvalue weighted by Gasteiger charge is -2.42. The summed E-state index contributed by atoms with van der Waals surface area (Å²) in [6.45, 7) is 7.44. The number of likely N-dealkylation sites (tertiary alicyclic amines) is 1. The van der Waals surface area contributed by atoms with Gasteiger partial charge in [-0.1, -0.05) is 24.6 Å². The number of nitrogens with zero attached hydrogens (tertiary/aromatic N) is 5. The van der Waals surface area contributed by atoms with Crippen molar-refractivity contribution >= 4 is 17.2 Å². The third-order valence-electron chi connectivity index (χ3n) is 7.34. The summed E-state index contributed by atoms with van der Waals surface area (Å²) in [5.74, 6) is 0.756. The van der Waals surface area contributed by atoms with Crippen molar-refractivity contribution in [2.75, 3.05) is 13.1 Å².